The molecule has 0 amide bonds. The Morgan fingerprint density at radius 1 is 1.50 bits per heavy atom. The van der Waals surface area contributed by atoms with Crippen molar-refractivity contribution in [3.8, 4) is 0 Å². The van der Waals surface area contributed by atoms with Crippen LogP contribution >= 0.6 is 0 Å². The smallest absolute Gasteiger partial charge is 0.0628 e. The Morgan fingerprint density at radius 2 is 2.17 bits per heavy atom. The van der Waals surface area contributed by atoms with Crippen LogP contribution < -0.4 is 5.73 Å². The zero-order valence-electron chi connectivity index (χ0n) is 8.09. The average molecular weight is 167 g/mol. The first-order chi connectivity index (χ1) is 5.70. The van der Waals surface area contributed by atoms with E-state index < -0.39 is 0 Å². The highest BCUT2D eigenvalue weighted by Gasteiger charge is 2.09. The van der Waals surface area contributed by atoms with E-state index in [1.54, 1.807) is 0 Å². The topological polar surface area (TPSA) is 43.8 Å². The van der Waals surface area contributed by atoms with Crippen LogP contribution in [0.25, 0.3) is 0 Å². The number of nitrogens with zero attached hydrogens (tertiary/aromatic N) is 2. The monoisotopic (exact) mass is 167 g/mol. The van der Waals surface area contributed by atoms with Crippen LogP contribution in [0.2, 0.25) is 0 Å². The first-order valence-electron chi connectivity index (χ1n) is 4.42. The summed E-state index contributed by atoms with van der Waals surface area (Å²) in [6, 6.07) is 0. The number of aromatic nitrogens is 2. The molecular weight excluding hydrogens is 150 g/mol. The van der Waals surface area contributed by atoms with Crippen LogP contribution in [0.3, 0.4) is 0 Å². The van der Waals surface area contributed by atoms with E-state index in [4.69, 9.17) is 5.73 Å². The van der Waals surface area contributed by atoms with Crippen molar-refractivity contribution in [2.75, 3.05) is 6.54 Å². The van der Waals surface area contributed by atoms with Gasteiger partial charge in [-0.05, 0) is 25.5 Å². The molecule has 0 aliphatic rings. The van der Waals surface area contributed by atoms with Crippen LogP contribution in [0.4, 0.5) is 0 Å². The van der Waals surface area contributed by atoms with Crippen LogP contribution in [0, 0.1) is 6.92 Å². The molecule has 0 aromatic carbocycles. The summed E-state index contributed by atoms with van der Waals surface area (Å²) in [5.41, 5.74) is 9.32. The lowest BCUT2D eigenvalue weighted by atomic mass is 10.1. The molecule has 0 aliphatic carbocycles. The molecule has 0 saturated heterocycles. The fraction of sp³-hybridized carbons (Fsp3) is 0.667. The zero-order valence-corrected chi connectivity index (χ0v) is 8.09. The molecular formula is C9H17N3. The molecule has 1 aromatic rings. The van der Waals surface area contributed by atoms with E-state index in [1.165, 1.54) is 11.3 Å². The molecule has 3 nitrogen and oxygen atoms in total. The van der Waals surface area contributed by atoms with E-state index in [1.807, 2.05) is 11.7 Å². The second kappa shape index (κ2) is 3.72. The highest BCUT2D eigenvalue weighted by molar-refractivity contribution is 5.25. The molecule has 0 fully saturated rings. The second-order valence-corrected chi connectivity index (χ2v) is 3.03. The van der Waals surface area contributed by atoms with Gasteiger partial charge in [0.15, 0.2) is 0 Å². The van der Waals surface area contributed by atoms with Gasteiger partial charge in [0.05, 0.1) is 5.69 Å². The molecule has 1 rings (SSSR count). The summed E-state index contributed by atoms with van der Waals surface area (Å²) >= 11 is 0. The van der Waals surface area contributed by atoms with Gasteiger partial charge in [-0.25, -0.2) is 0 Å². The van der Waals surface area contributed by atoms with E-state index in [2.05, 4.69) is 18.9 Å². The molecule has 1 heterocycles. The molecule has 0 atom stereocenters. The Kier molecular flexibility index (Phi) is 2.87. The summed E-state index contributed by atoms with van der Waals surface area (Å²) in [7, 11) is 1.98. The molecule has 0 saturated carbocycles. The lowest BCUT2D eigenvalue weighted by Crippen LogP contribution is -2.08. The summed E-state index contributed by atoms with van der Waals surface area (Å²) in [6.07, 6.45) is 1.98. The Bertz CT molecular complexity index is 263. The van der Waals surface area contributed by atoms with Crippen molar-refractivity contribution < 1.29 is 0 Å². The van der Waals surface area contributed by atoms with Gasteiger partial charge in [-0.15, -0.1) is 0 Å². The lowest BCUT2D eigenvalue weighted by molar-refractivity contribution is 0.698. The van der Waals surface area contributed by atoms with Gasteiger partial charge in [0, 0.05) is 19.2 Å². The minimum atomic E-state index is 0.700. The normalized spacial score (nSPS) is 10.7. The van der Waals surface area contributed by atoms with E-state index in [9.17, 15) is 0 Å². The summed E-state index contributed by atoms with van der Waals surface area (Å²) in [6.45, 7) is 4.91. The van der Waals surface area contributed by atoms with Crippen molar-refractivity contribution in [2.45, 2.75) is 26.7 Å². The summed E-state index contributed by atoms with van der Waals surface area (Å²) < 4.78 is 1.95. The van der Waals surface area contributed by atoms with Crippen molar-refractivity contribution in [1.29, 1.82) is 0 Å². The SMILES string of the molecule is CCc1c(C)nn(C)c1CCN. The fourth-order valence-electron chi connectivity index (χ4n) is 1.66. The maximum absolute atomic E-state index is 5.52. The number of aryl methyl sites for hydroxylation is 2. The van der Waals surface area contributed by atoms with Crippen LogP contribution in [-0.2, 0) is 19.9 Å². The third-order valence-corrected chi connectivity index (χ3v) is 2.21. The maximum Gasteiger partial charge on any atom is 0.0628 e. The molecule has 0 unspecified atom stereocenters. The van der Waals surface area contributed by atoms with Crippen molar-refractivity contribution in [2.24, 2.45) is 12.8 Å². The predicted molar refractivity (Wildman–Crippen MR) is 50.1 cm³/mol. The largest absolute Gasteiger partial charge is 0.330 e. The number of hydrogen-bond donors (Lipinski definition) is 1. The standard InChI is InChI=1S/C9H17N3/c1-4-8-7(2)11-12(3)9(8)5-6-10/h4-6,10H2,1-3H3. The highest BCUT2D eigenvalue weighted by Crippen LogP contribution is 2.13. The Hall–Kier alpha value is -0.830. The van der Waals surface area contributed by atoms with Gasteiger partial charge in [-0.3, -0.25) is 4.68 Å². The molecule has 0 bridgehead atoms. The van der Waals surface area contributed by atoms with E-state index in [0.29, 0.717) is 6.54 Å². The predicted octanol–water partition coefficient (Wildman–Crippen LogP) is 0.792. The molecule has 3 heteroatoms. The van der Waals surface area contributed by atoms with Crippen molar-refractivity contribution >= 4 is 0 Å². The van der Waals surface area contributed by atoms with Gasteiger partial charge in [0.1, 0.15) is 0 Å². The van der Waals surface area contributed by atoms with E-state index in [-0.39, 0.29) is 0 Å². The first-order valence-corrected chi connectivity index (χ1v) is 4.42. The highest BCUT2D eigenvalue weighted by atomic mass is 15.3. The van der Waals surface area contributed by atoms with Crippen LogP contribution in [0.1, 0.15) is 23.9 Å². The quantitative estimate of drug-likeness (QED) is 0.723. The first kappa shape index (κ1) is 9.26. The Balaban J connectivity index is 3.04. The molecule has 0 aliphatic heterocycles. The number of nitrogens with two attached hydrogens (primary N) is 1. The fourth-order valence-corrected chi connectivity index (χ4v) is 1.66. The van der Waals surface area contributed by atoms with Crippen LogP contribution in [0.5, 0.6) is 0 Å². The number of hydrogen-bond acceptors (Lipinski definition) is 2. The number of rotatable bonds is 3. The van der Waals surface area contributed by atoms with Gasteiger partial charge in [0.2, 0.25) is 0 Å². The van der Waals surface area contributed by atoms with Gasteiger partial charge < -0.3 is 5.73 Å². The molecule has 68 valence electrons. The van der Waals surface area contributed by atoms with Gasteiger partial charge in [-0.2, -0.15) is 5.10 Å². The minimum absolute atomic E-state index is 0.700. The third kappa shape index (κ3) is 1.50. The minimum Gasteiger partial charge on any atom is -0.330 e. The van der Waals surface area contributed by atoms with Crippen molar-refractivity contribution in [1.82, 2.24) is 9.78 Å². The lowest BCUT2D eigenvalue weighted by Gasteiger charge is -2.01. The molecule has 0 spiro atoms. The van der Waals surface area contributed by atoms with Crippen LogP contribution in [-0.4, -0.2) is 16.3 Å². The van der Waals surface area contributed by atoms with Crippen molar-refractivity contribution in [3.63, 3.8) is 0 Å². The Labute approximate surface area is 73.6 Å². The van der Waals surface area contributed by atoms with E-state index >= 15 is 0 Å². The Morgan fingerprint density at radius 3 is 2.67 bits per heavy atom. The summed E-state index contributed by atoms with van der Waals surface area (Å²) in [5.74, 6) is 0. The summed E-state index contributed by atoms with van der Waals surface area (Å²) in [4.78, 5) is 0. The van der Waals surface area contributed by atoms with Crippen LogP contribution in [0.15, 0.2) is 0 Å². The van der Waals surface area contributed by atoms with E-state index in [0.717, 1.165) is 18.5 Å². The molecule has 0 radical (unpaired) electrons. The van der Waals surface area contributed by atoms with Crippen molar-refractivity contribution in [3.05, 3.63) is 17.0 Å². The van der Waals surface area contributed by atoms with Gasteiger partial charge >= 0.3 is 0 Å². The summed E-state index contributed by atoms with van der Waals surface area (Å²) in [5, 5.41) is 4.36. The molecule has 2 N–H and O–H groups in total. The van der Waals surface area contributed by atoms with Gasteiger partial charge in [0.25, 0.3) is 0 Å². The zero-order chi connectivity index (χ0) is 9.14. The average Bonchev–Trinajstić information content (AvgIpc) is 2.28. The third-order valence-electron chi connectivity index (χ3n) is 2.21. The second-order valence-electron chi connectivity index (χ2n) is 3.03. The maximum atomic E-state index is 5.52. The molecule has 12 heavy (non-hydrogen) atoms. The van der Waals surface area contributed by atoms with Gasteiger partial charge in [-0.1, -0.05) is 6.92 Å². The molecule has 1 aromatic heterocycles.